The lowest BCUT2D eigenvalue weighted by Gasteiger charge is -2.57. The lowest BCUT2D eigenvalue weighted by atomic mass is 9.54. The van der Waals surface area contributed by atoms with Gasteiger partial charge >= 0.3 is 0 Å². The molecule has 150 valence electrons. The number of rotatable bonds is 6. The van der Waals surface area contributed by atoms with E-state index in [0.717, 1.165) is 32.5 Å². The van der Waals surface area contributed by atoms with Gasteiger partial charge in [0, 0.05) is 44.1 Å². The monoisotopic (exact) mass is 397 g/mol. The van der Waals surface area contributed by atoms with Crippen LogP contribution in [0, 0.1) is 11.3 Å². The second kappa shape index (κ2) is 9.75. The number of piperidine rings is 1. The van der Waals surface area contributed by atoms with E-state index >= 15 is 0 Å². The van der Waals surface area contributed by atoms with Crippen molar-refractivity contribution in [3.8, 4) is 0 Å². The minimum absolute atomic E-state index is 0. The molecule has 5 nitrogen and oxygen atoms in total. The summed E-state index contributed by atoms with van der Waals surface area (Å²) in [5.41, 5.74) is 5.33. The maximum absolute atomic E-state index is 12.7. The topological polar surface area (TPSA) is 67.6 Å². The van der Waals surface area contributed by atoms with Crippen LogP contribution in [0.5, 0.6) is 0 Å². The lowest BCUT2D eigenvalue weighted by Crippen LogP contribution is -2.76. The van der Waals surface area contributed by atoms with Crippen LogP contribution in [0.3, 0.4) is 0 Å². The molecule has 0 spiro atoms. The fourth-order valence-corrected chi connectivity index (χ4v) is 3.91. The molecule has 1 aliphatic carbocycles. The Bertz CT molecular complexity index is 427. The summed E-state index contributed by atoms with van der Waals surface area (Å²) in [5, 5.41) is 3.21. The van der Waals surface area contributed by atoms with E-state index in [1.165, 1.54) is 0 Å². The Hall–Kier alpha value is -0.0700. The Labute approximate surface area is 165 Å². The van der Waals surface area contributed by atoms with E-state index in [2.05, 4.69) is 24.1 Å². The summed E-state index contributed by atoms with van der Waals surface area (Å²) in [6, 6.07) is 0.258. The number of nitrogens with two attached hydrogens (primary N) is 1. The molecule has 0 bridgehead atoms. The summed E-state index contributed by atoms with van der Waals surface area (Å²) in [4.78, 5) is 15.2. The van der Waals surface area contributed by atoms with E-state index in [4.69, 9.17) is 10.5 Å². The van der Waals surface area contributed by atoms with Crippen molar-refractivity contribution in [3.05, 3.63) is 0 Å². The molecule has 2 fully saturated rings. The van der Waals surface area contributed by atoms with Gasteiger partial charge in [-0.1, -0.05) is 27.7 Å². The molecule has 3 N–H and O–H groups in total. The Balaban J connectivity index is 0.00000288. The highest BCUT2D eigenvalue weighted by atomic mass is 35.5. The third kappa shape index (κ3) is 5.23. The van der Waals surface area contributed by atoms with Crippen molar-refractivity contribution in [1.29, 1.82) is 0 Å². The van der Waals surface area contributed by atoms with Crippen LogP contribution in [-0.4, -0.2) is 54.7 Å². The number of ether oxygens (including phenoxy) is 1. The minimum atomic E-state index is -0.804. The van der Waals surface area contributed by atoms with E-state index in [1.807, 2.05) is 20.8 Å². The van der Waals surface area contributed by atoms with E-state index in [9.17, 15) is 4.79 Å². The van der Waals surface area contributed by atoms with Gasteiger partial charge < -0.3 is 20.7 Å². The first-order valence-corrected chi connectivity index (χ1v) is 9.14. The number of carbonyl (C=O) groups excluding carboxylic acids is 1. The molecule has 2 unspecified atom stereocenters. The Morgan fingerprint density at radius 2 is 1.84 bits per heavy atom. The molecule has 0 aromatic carbocycles. The van der Waals surface area contributed by atoms with Gasteiger partial charge in [0.15, 0.2) is 0 Å². The first kappa shape index (κ1) is 24.9. The first-order valence-electron chi connectivity index (χ1n) is 9.14. The van der Waals surface area contributed by atoms with Gasteiger partial charge in [0.1, 0.15) is 5.54 Å². The quantitative estimate of drug-likeness (QED) is 0.722. The third-order valence-electron chi connectivity index (χ3n) is 5.78. The molecule has 1 amide bonds. The molecule has 1 saturated carbocycles. The molecule has 2 rings (SSSR count). The smallest absolute Gasteiger partial charge is 0.241 e. The second-order valence-corrected chi connectivity index (χ2v) is 8.28. The van der Waals surface area contributed by atoms with Gasteiger partial charge in [0.2, 0.25) is 5.91 Å². The van der Waals surface area contributed by atoms with Crippen LogP contribution in [0.25, 0.3) is 0 Å². The second-order valence-electron chi connectivity index (χ2n) is 8.28. The number of amides is 1. The van der Waals surface area contributed by atoms with Crippen LogP contribution in [0.1, 0.15) is 53.9 Å². The normalized spacial score (nSPS) is 29.3. The van der Waals surface area contributed by atoms with Crippen molar-refractivity contribution < 1.29 is 9.53 Å². The molecular formula is C18H37Cl2N3O2. The van der Waals surface area contributed by atoms with Crippen LogP contribution in [-0.2, 0) is 9.53 Å². The van der Waals surface area contributed by atoms with Crippen molar-refractivity contribution in [2.45, 2.75) is 71.6 Å². The number of halogens is 2. The highest BCUT2D eigenvalue weighted by molar-refractivity contribution is 5.89. The molecular weight excluding hydrogens is 361 g/mol. The van der Waals surface area contributed by atoms with Gasteiger partial charge in [-0.2, -0.15) is 0 Å². The predicted octanol–water partition coefficient (Wildman–Crippen LogP) is 2.60. The summed E-state index contributed by atoms with van der Waals surface area (Å²) >= 11 is 0. The van der Waals surface area contributed by atoms with Crippen LogP contribution in [0.4, 0.5) is 0 Å². The third-order valence-corrected chi connectivity index (χ3v) is 5.78. The fraction of sp³-hybridized carbons (Fsp3) is 0.944. The summed E-state index contributed by atoms with van der Waals surface area (Å²) in [7, 11) is 0. The fourth-order valence-electron chi connectivity index (χ4n) is 3.91. The number of likely N-dealkylation sites (tertiary alicyclic amines) is 1. The van der Waals surface area contributed by atoms with Crippen molar-refractivity contribution >= 4 is 30.7 Å². The van der Waals surface area contributed by atoms with Gasteiger partial charge in [-0.15, -0.1) is 24.8 Å². The average molecular weight is 398 g/mol. The standard InChI is InChI=1S/C18H35N3O2.2ClH/c1-6-23-15-11-18(19,17(15,4)5)16(22)20-14-7-9-21(10-8-14)12-13(2)3;;/h13-15H,6-12,19H2,1-5H3,(H,20,22);2*1H. The molecule has 2 atom stereocenters. The molecule has 1 saturated heterocycles. The highest BCUT2D eigenvalue weighted by Gasteiger charge is 2.63. The molecule has 7 heteroatoms. The summed E-state index contributed by atoms with van der Waals surface area (Å²) in [5.74, 6) is 0.695. The molecule has 2 aliphatic rings. The molecule has 25 heavy (non-hydrogen) atoms. The molecule has 1 heterocycles. The number of carbonyl (C=O) groups is 1. The molecule has 1 aliphatic heterocycles. The minimum Gasteiger partial charge on any atom is -0.378 e. The van der Waals surface area contributed by atoms with Gasteiger partial charge in [-0.25, -0.2) is 0 Å². The van der Waals surface area contributed by atoms with Gasteiger partial charge in [-0.3, -0.25) is 4.79 Å². The largest absolute Gasteiger partial charge is 0.378 e. The van der Waals surface area contributed by atoms with Crippen LogP contribution < -0.4 is 11.1 Å². The molecule has 0 aromatic heterocycles. The van der Waals surface area contributed by atoms with E-state index < -0.39 is 5.54 Å². The van der Waals surface area contributed by atoms with E-state index in [-0.39, 0.29) is 48.3 Å². The number of hydrogen-bond donors (Lipinski definition) is 2. The summed E-state index contributed by atoms with van der Waals surface area (Å²) < 4.78 is 5.71. The van der Waals surface area contributed by atoms with Crippen molar-refractivity contribution in [2.24, 2.45) is 17.1 Å². The first-order chi connectivity index (χ1) is 10.7. The maximum atomic E-state index is 12.7. The Kier molecular flexibility index (Phi) is 9.72. The molecule has 0 aromatic rings. The Morgan fingerprint density at radius 3 is 2.28 bits per heavy atom. The van der Waals surface area contributed by atoms with Crippen LogP contribution in [0.15, 0.2) is 0 Å². The van der Waals surface area contributed by atoms with Gasteiger partial charge in [0.25, 0.3) is 0 Å². The van der Waals surface area contributed by atoms with Gasteiger partial charge in [0.05, 0.1) is 6.10 Å². The average Bonchev–Trinajstić information content (AvgIpc) is 2.48. The van der Waals surface area contributed by atoms with E-state index in [1.54, 1.807) is 0 Å². The number of nitrogens with one attached hydrogen (secondary N) is 1. The zero-order valence-corrected chi connectivity index (χ0v) is 18.0. The zero-order valence-electron chi connectivity index (χ0n) is 16.3. The number of hydrogen-bond acceptors (Lipinski definition) is 4. The highest BCUT2D eigenvalue weighted by Crippen LogP contribution is 2.49. The van der Waals surface area contributed by atoms with Crippen molar-refractivity contribution in [1.82, 2.24) is 10.2 Å². The van der Waals surface area contributed by atoms with Crippen LogP contribution in [0.2, 0.25) is 0 Å². The molecule has 0 radical (unpaired) electrons. The van der Waals surface area contributed by atoms with Gasteiger partial charge in [-0.05, 0) is 25.7 Å². The lowest BCUT2D eigenvalue weighted by molar-refractivity contribution is -0.171. The summed E-state index contributed by atoms with van der Waals surface area (Å²) in [6.45, 7) is 14.5. The van der Waals surface area contributed by atoms with Crippen LogP contribution >= 0.6 is 24.8 Å². The van der Waals surface area contributed by atoms with Crippen molar-refractivity contribution in [3.63, 3.8) is 0 Å². The number of nitrogens with zero attached hydrogens (tertiary/aromatic N) is 1. The SMILES string of the molecule is CCOC1CC(N)(C(=O)NC2CCN(CC(C)C)CC2)C1(C)C.Cl.Cl. The van der Waals surface area contributed by atoms with Crippen molar-refractivity contribution in [2.75, 3.05) is 26.2 Å². The van der Waals surface area contributed by atoms with E-state index in [0.29, 0.717) is 18.9 Å². The Morgan fingerprint density at radius 1 is 1.28 bits per heavy atom. The zero-order chi connectivity index (χ0) is 17.3. The predicted molar refractivity (Wildman–Crippen MR) is 108 cm³/mol. The maximum Gasteiger partial charge on any atom is 0.241 e. The summed E-state index contributed by atoms with van der Waals surface area (Å²) in [6.07, 6.45) is 2.73.